The Morgan fingerprint density at radius 2 is 1.61 bits per heavy atom. The van der Waals surface area contributed by atoms with E-state index in [2.05, 4.69) is 20.9 Å². The maximum absolute atomic E-state index is 8.98. The summed E-state index contributed by atoms with van der Waals surface area (Å²) in [6.07, 6.45) is 4.79. The second kappa shape index (κ2) is 5.05. The molecule has 0 aliphatic rings. The molecule has 0 aliphatic carbocycles. The van der Waals surface area contributed by atoms with Gasteiger partial charge in [0.2, 0.25) is 0 Å². The van der Waals surface area contributed by atoms with Crippen LogP contribution in [0.15, 0.2) is 48.8 Å². The lowest BCUT2D eigenvalue weighted by Crippen LogP contribution is -1.85. The van der Waals surface area contributed by atoms with Gasteiger partial charge in [0, 0.05) is 40.6 Å². The molecule has 0 saturated carbocycles. The van der Waals surface area contributed by atoms with Gasteiger partial charge in [-0.3, -0.25) is 0 Å². The minimum Gasteiger partial charge on any atom is -0.362 e. The lowest BCUT2D eigenvalue weighted by atomic mass is 10.0. The summed E-state index contributed by atoms with van der Waals surface area (Å²) in [5, 5.41) is 11.3. The number of fused-ring (bicyclic) bond motifs is 2. The molecule has 2 heterocycles. The molecular formula is C19H12N4. The van der Waals surface area contributed by atoms with Gasteiger partial charge in [-0.05, 0) is 29.3 Å². The molecule has 2 N–H and O–H groups in total. The van der Waals surface area contributed by atoms with E-state index in [-0.39, 0.29) is 0 Å². The lowest BCUT2D eigenvalue weighted by Gasteiger charge is -2.00. The van der Waals surface area contributed by atoms with Gasteiger partial charge in [0.1, 0.15) is 0 Å². The first-order valence-electron chi connectivity index (χ1n) is 7.26. The molecular weight excluding hydrogens is 284 g/mol. The summed E-state index contributed by atoms with van der Waals surface area (Å²) < 4.78 is 0. The number of hydrogen-bond donors (Lipinski definition) is 2. The molecule has 0 atom stereocenters. The highest BCUT2D eigenvalue weighted by molar-refractivity contribution is 5.89. The van der Waals surface area contributed by atoms with Gasteiger partial charge in [0.05, 0.1) is 18.2 Å². The number of hydrogen-bond acceptors (Lipinski definition) is 1. The van der Waals surface area contributed by atoms with E-state index in [0.29, 0.717) is 11.3 Å². The Balaban J connectivity index is 1.76. The van der Waals surface area contributed by atoms with Crippen molar-refractivity contribution in [3.05, 3.63) is 76.9 Å². The van der Waals surface area contributed by atoms with Crippen LogP contribution in [0, 0.1) is 17.9 Å². The van der Waals surface area contributed by atoms with E-state index in [0.717, 1.165) is 28.2 Å². The molecule has 4 rings (SSSR count). The summed E-state index contributed by atoms with van der Waals surface area (Å²) in [6, 6.07) is 13.6. The van der Waals surface area contributed by atoms with E-state index in [1.54, 1.807) is 0 Å². The summed E-state index contributed by atoms with van der Waals surface area (Å²) in [5.74, 6) is 0. The fourth-order valence-corrected chi connectivity index (χ4v) is 3.00. The zero-order valence-electron chi connectivity index (χ0n) is 12.2. The molecule has 0 aliphatic heterocycles. The summed E-state index contributed by atoms with van der Waals surface area (Å²) in [4.78, 5) is 9.95. The van der Waals surface area contributed by atoms with Crippen LogP contribution in [-0.4, -0.2) is 9.97 Å². The third-order valence-corrected chi connectivity index (χ3v) is 4.16. The Hall–Kier alpha value is -3.50. The standard InChI is InChI=1S/C19H12N4/c1-21-15-3-5-17-14(11-23-19(17)8-15)7-13-10-22-18-6-12(9-20)2-4-16(13)18/h2-6,8,10-11,22-23H,7H2. The third-order valence-electron chi connectivity index (χ3n) is 4.16. The number of rotatable bonds is 2. The molecule has 4 heteroatoms. The molecule has 4 aromatic rings. The summed E-state index contributed by atoms with van der Waals surface area (Å²) in [7, 11) is 0. The quantitative estimate of drug-likeness (QED) is 0.519. The van der Waals surface area contributed by atoms with Gasteiger partial charge in [-0.1, -0.05) is 18.2 Å². The van der Waals surface area contributed by atoms with E-state index in [9.17, 15) is 0 Å². The lowest BCUT2D eigenvalue weighted by molar-refractivity contribution is 1.22. The van der Waals surface area contributed by atoms with E-state index in [4.69, 9.17) is 11.8 Å². The predicted molar refractivity (Wildman–Crippen MR) is 90.4 cm³/mol. The molecule has 23 heavy (non-hydrogen) atoms. The Labute approximate surface area is 132 Å². The first kappa shape index (κ1) is 13.2. The van der Waals surface area contributed by atoms with Crippen molar-refractivity contribution in [2.24, 2.45) is 0 Å². The second-order valence-corrected chi connectivity index (χ2v) is 5.52. The first-order valence-corrected chi connectivity index (χ1v) is 7.26. The zero-order valence-corrected chi connectivity index (χ0v) is 12.2. The largest absolute Gasteiger partial charge is 0.362 e. The fourth-order valence-electron chi connectivity index (χ4n) is 3.00. The van der Waals surface area contributed by atoms with Gasteiger partial charge in [0.25, 0.3) is 0 Å². The highest BCUT2D eigenvalue weighted by Gasteiger charge is 2.09. The van der Waals surface area contributed by atoms with Gasteiger partial charge in [0.15, 0.2) is 5.69 Å². The minimum absolute atomic E-state index is 0.641. The highest BCUT2D eigenvalue weighted by atomic mass is 14.7. The van der Waals surface area contributed by atoms with Crippen LogP contribution in [0.4, 0.5) is 5.69 Å². The average molecular weight is 296 g/mol. The van der Waals surface area contributed by atoms with Crippen molar-refractivity contribution in [2.45, 2.75) is 6.42 Å². The molecule has 0 radical (unpaired) electrons. The van der Waals surface area contributed by atoms with Crippen molar-refractivity contribution in [1.82, 2.24) is 9.97 Å². The van der Waals surface area contributed by atoms with Crippen molar-refractivity contribution in [2.75, 3.05) is 0 Å². The SMILES string of the molecule is [C-]#[N+]c1ccc2c(Cc3c[nH]c4cc(C#N)ccc34)c[nH]c2c1. The summed E-state index contributed by atoms with van der Waals surface area (Å²) >= 11 is 0. The van der Waals surface area contributed by atoms with E-state index in [1.165, 1.54) is 11.1 Å². The van der Waals surface area contributed by atoms with Crippen molar-refractivity contribution in [3.8, 4) is 6.07 Å². The molecule has 0 amide bonds. The molecule has 2 aromatic carbocycles. The number of H-pyrrole nitrogens is 2. The van der Waals surface area contributed by atoms with Crippen molar-refractivity contribution in [1.29, 1.82) is 5.26 Å². The minimum atomic E-state index is 0.641. The third kappa shape index (κ3) is 2.14. The van der Waals surface area contributed by atoms with Gasteiger partial charge >= 0.3 is 0 Å². The summed E-state index contributed by atoms with van der Waals surface area (Å²) in [6.45, 7) is 7.09. The molecule has 0 fully saturated rings. The molecule has 0 saturated heterocycles. The Morgan fingerprint density at radius 1 is 0.957 bits per heavy atom. The van der Waals surface area contributed by atoms with Crippen molar-refractivity contribution in [3.63, 3.8) is 0 Å². The van der Waals surface area contributed by atoms with Gasteiger partial charge < -0.3 is 9.97 Å². The maximum Gasteiger partial charge on any atom is 0.189 e. The van der Waals surface area contributed by atoms with E-state index >= 15 is 0 Å². The average Bonchev–Trinajstić information content (AvgIpc) is 3.18. The molecule has 0 unspecified atom stereocenters. The molecule has 0 bridgehead atoms. The van der Waals surface area contributed by atoms with Crippen LogP contribution in [0.1, 0.15) is 16.7 Å². The van der Waals surface area contributed by atoms with Crippen LogP contribution < -0.4 is 0 Å². The van der Waals surface area contributed by atoms with Crippen molar-refractivity contribution < 1.29 is 0 Å². The van der Waals surface area contributed by atoms with Crippen LogP contribution in [0.3, 0.4) is 0 Å². The molecule has 0 spiro atoms. The van der Waals surface area contributed by atoms with Crippen LogP contribution >= 0.6 is 0 Å². The highest BCUT2D eigenvalue weighted by Crippen LogP contribution is 2.28. The first-order chi connectivity index (χ1) is 11.3. The van der Waals surface area contributed by atoms with E-state index in [1.807, 2.05) is 48.8 Å². The number of aromatic nitrogens is 2. The molecule has 4 nitrogen and oxygen atoms in total. The molecule has 108 valence electrons. The Bertz CT molecular complexity index is 1030. The number of nitriles is 1. The topological polar surface area (TPSA) is 59.7 Å². The van der Waals surface area contributed by atoms with E-state index < -0.39 is 0 Å². The van der Waals surface area contributed by atoms with Crippen LogP contribution in [0.25, 0.3) is 26.7 Å². The van der Waals surface area contributed by atoms with Gasteiger partial charge in [-0.25, -0.2) is 4.85 Å². The monoisotopic (exact) mass is 296 g/mol. The predicted octanol–water partition coefficient (Wildman–Crippen LogP) is 4.66. The van der Waals surface area contributed by atoms with Crippen LogP contribution in [0.2, 0.25) is 0 Å². The maximum atomic E-state index is 8.98. The van der Waals surface area contributed by atoms with Gasteiger partial charge in [-0.15, -0.1) is 0 Å². The normalized spacial score (nSPS) is 10.7. The number of benzene rings is 2. The Kier molecular flexibility index (Phi) is 2.89. The van der Waals surface area contributed by atoms with Crippen LogP contribution in [0.5, 0.6) is 0 Å². The fraction of sp³-hybridized carbons (Fsp3) is 0.0526. The zero-order chi connectivity index (χ0) is 15.8. The number of nitrogens with one attached hydrogen (secondary N) is 2. The van der Waals surface area contributed by atoms with Crippen molar-refractivity contribution >= 4 is 27.5 Å². The second-order valence-electron chi connectivity index (χ2n) is 5.52. The van der Waals surface area contributed by atoms with Gasteiger partial charge in [-0.2, -0.15) is 5.26 Å². The number of aromatic amines is 2. The summed E-state index contributed by atoms with van der Waals surface area (Å²) in [5.41, 5.74) is 5.66. The number of nitrogens with zero attached hydrogens (tertiary/aromatic N) is 2. The smallest absolute Gasteiger partial charge is 0.189 e. The van der Waals surface area contributed by atoms with Crippen LogP contribution in [-0.2, 0) is 6.42 Å². The molecule has 2 aromatic heterocycles. The Morgan fingerprint density at radius 3 is 2.26 bits per heavy atom.